The molecule has 1 fully saturated rings. The number of rotatable bonds is 4. The van der Waals surface area contributed by atoms with Gasteiger partial charge in [0.15, 0.2) is 0 Å². The van der Waals surface area contributed by atoms with E-state index in [-0.39, 0.29) is 12.0 Å². The van der Waals surface area contributed by atoms with Crippen LogP contribution in [0, 0.1) is 11.3 Å². The van der Waals surface area contributed by atoms with Gasteiger partial charge in [-0.2, -0.15) is 5.26 Å². The largest absolute Gasteiger partial charge is 0.381 e. The number of ether oxygens (including phenoxy) is 1. The molecule has 0 aromatic heterocycles. The Bertz CT molecular complexity index is 489. The zero-order chi connectivity index (χ0) is 13.0. The van der Waals surface area contributed by atoms with E-state index in [1.165, 1.54) is 6.92 Å². The first-order chi connectivity index (χ1) is 8.69. The van der Waals surface area contributed by atoms with Gasteiger partial charge in [-0.15, -0.1) is 0 Å². The Balaban J connectivity index is 2.10. The minimum Gasteiger partial charge on any atom is -0.381 e. The first-order valence-electron chi connectivity index (χ1n) is 5.86. The summed E-state index contributed by atoms with van der Waals surface area (Å²) >= 11 is 0. The second-order valence-electron chi connectivity index (χ2n) is 4.22. The molecule has 1 aliphatic rings. The van der Waals surface area contributed by atoms with Gasteiger partial charge in [-0.3, -0.25) is 4.79 Å². The van der Waals surface area contributed by atoms with Gasteiger partial charge in [0.2, 0.25) is 5.91 Å². The van der Waals surface area contributed by atoms with E-state index in [9.17, 15) is 4.79 Å². The number of hydrogen-bond donors (Lipinski definition) is 2. The number of nitrogens with one attached hydrogen (secondary N) is 2. The predicted molar refractivity (Wildman–Crippen MR) is 68.3 cm³/mol. The molecule has 5 heteroatoms. The highest BCUT2D eigenvalue weighted by molar-refractivity contribution is 5.92. The van der Waals surface area contributed by atoms with Gasteiger partial charge in [0.1, 0.15) is 0 Å². The van der Waals surface area contributed by atoms with Crippen molar-refractivity contribution in [1.82, 2.24) is 0 Å². The number of carbonyl (C=O) groups is 1. The van der Waals surface area contributed by atoms with Gasteiger partial charge in [-0.25, -0.2) is 0 Å². The van der Waals surface area contributed by atoms with E-state index in [1.54, 1.807) is 18.2 Å². The molecule has 0 bridgehead atoms. The standard InChI is InChI=1S/C13H15N3O2/c1-9(17)16-13-6-10(7-14)2-3-12(13)15-8-11-4-5-18-11/h2-3,6,11,15H,4-5,8H2,1H3,(H,16,17). The Morgan fingerprint density at radius 1 is 1.56 bits per heavy atom. The summed E-state index contributed by atoms with van der Waals surface area (Å²) in [7, 11) is 0. The van der Waals surface area contributed by atoms with Gasteiger partial charge in [-0.05, 0) is 24.6 Å². The zero-order valence-corrected chi connectivity index (χ0v) is 10.2. The lowest BCUT2D eigenvalue weighted by molar-refractivity contribution is -0.114. The minimum atomic E-state index is -0.159. The highest BCUT2D eigenvalue weighted by Crippen LogP contribution is 2.24. The zero-order valence-electron chi connectivity index (χ0n) is 10.2. The molecule has 0 radical (unpaired) electrons. The fourth-order valence-corrected chi connectivity index (χ4v) is 1.73. The van der Waals surface area contributed by atoms with E-state index < -0.39 is 0 Å². The lowest BCUT2D eigenvalue weighted by Gasteiger charge is -2.27. The number of anilines is 2. The molecule has 0 aliphatic carbocycles. The maximum Gasteiger partial charge on any atom is 0.221 e. The van der Waals surface area contributed by atoms with Crippen molar-refractivity contribution < 1.29 is 9.53 Å². The van der Waals surface area contributed by atoms with Crippen LogP contribution in [-0.2, 0) is 9.53 Å². The molecule has 1 aromatic carbocycles. The van der Waals surface area contributed by atoms with Gasteiger partial charge in [0.25, 0.3) is 0 Å². The van der Waals surface area contributed by atoms with E-state index >= 15 is 0 Å². The molecule has 1 aliphatic heterocycles. The summed E-state index contributed by atoms with van der Waals surface area (Å²) in [6.45, 7) is 2.97. The van der Waals surface area contributed by atoms with Crippen molar-refractivity contribution in [2.24, 2.45) is 0 Å². The molecule has 5 nitrogen and oxygen atoms in total. The molecule has 1 aromatic rings. The highest BCUT2D eigenvalue weighted by atomic mass is 16.5. The summed E-state index contributed by atoms with van der Waals surface area (Å²) in [6.07, 6.45) is 1.30. The first-order valence-corrected chi connectivity index (χ1v) is 5.86. The van der Waals surface area contributed by atoms with E-state index in [0.29, 0.717) is 17.8 Å². The predicted octanol–water partition coefficient (Wildman–Crippen LogP) is 1.72. The lowest BCUT2D eigenvalue weighted by Crippen LogP contribution is -2.33. The maximum atomic E-state index is 11.1. The van der Waals surface area contributed by atoms with Crippen molar-refractivity contribution in [3.63, 3.8) is 0 Å². The number of nitriles is 1. The lowest BCUT2D eigenvalue weighted by atomic mass is 10.1. The minimum absolute atomic E-state index is 0.159. The maximum absolute atomic E-state index is 11.1. The van der Waals surface area contributed by atoms with Crippen LogP contribution < -0.4 is 10.6 Å². The van der Waals surface area contributed by atoms with Crippen LogP contribution in [0.2, 0.25) is 0 Å². The molecule has 18 heavy (non-hydrogen) atoms. The fraction of sp³-hybridized carbons (Fsp3) is 0.385. The average molecular weight is 245 g/mol. The Kier molecular flexibility index (Phi) is 3.80. The summed E-state index contributed by atoms with van der Waals surface area (Å²) in [5.41, 5.74) is 1.95. The number of nitrogens with zero attached hydrogens (tertiary/aromatic N) is 1. The molecule has 1 heterocycles. The number of amides is 1. The average Bonchev–Trinajstić information content (AvgIpc) is 2.28. The van der Waals surface area contributed by atoms with Crippen LogP contribution in [0.4, 0.5) is 11.4 Å². The second kappa shape index (κ2) is 5.52. The van der Waals surface area contributed by atoms with Crippen molar-refractivity contribution in [3.05, 3.63) is 23.8 Å². The van der Waals surface area contributed by atoms with Gasteiger partial charge >= 0.3 is 0 Å². The Labute approximate surface area is 106 Å². The normalized spacial score (nSPS) is 17.4. The molecule has 0 saturated carbocycles. The second-order valence-corrected chi connectivity index (χ2v) is 4.22. The van der Waals surface area contributed by atoms with Crippen LogP contribution in [0.3, 0.4) is 0 Å². The topological polar surface area (TPSA) is 74.2 Å². The van der Waals surface area contributed by atoms with Crippen molar-refractivity contribution >= 4 is 17.3 Å². The number of carbonyl (C=O) groups excluding carboxylic acids is 1. The molecule has 1 atom stereocenters. The first kappa shape index (κ1) is 12.4. The van der Waals surface area contributed by atoms with Gasteiger partial charge in [-0.1, -0.05) is 0 Å². The number of benzene rings is 1. The molecular weight excluding hydrogens is 230 g/mol. The van der Waals surface area contributed by atoms with Crippen LogP contribution >= 0.6 is 0 Å². The smallest absolute Gasteiger partial charge is 0.221 e. The fourth-order valence-electron chi connectivity index (χ4n) is 1.73. The van der Waals surface area contributed by atoms with Gasteiger partial charge in [0.05, 0.1) is 29.1 Å². The Hall–Kier alpha value is -2.06. The molecule has 0 spiro atoms. The summed E-state index contributed by atoms with van der Waals surface area (Å²) in [4.78, 5) is 11.1. The molecule has 2 rings (SSSR count). The van der Waals surface area contributed by atoms with Crippen molar-refractivity contribution in [1.29, 1.82) is 5.26 Å². The third-order valence-corrected chi connectivity index (χ3v) is 2.77. The molecule has 1 unspecified atom stereocenters. The van der Waals surface area contributed by atoms with Crippen molar-refractivity contribution in [2.45, 2.75) is 19.4 Å². The van der Waals surface area contributed by atoms with Crippen LogP contribution in [0.25, 0.3) is 0 Å². The van der Waals surface area contributed by atoms with E-state index in [0.717, 1.165) is 18.7 Å². The monoisotopic (exact) mass is 245 g/mol. The van der Waals surface area contributed by atoms with Gasteiger partial charge < -0.3 is 15.4 Å². The Morgan fingerprint density at radius 3 is 2.89 bits per heavy atom. The third kappa shape index (κ3) is 2.99. The van der Waals surface area contributed by atoms with Crippen LogP contribution in [0.1, 0.15) is 18.9 Å². The summed E-state index contributed by atoms with van der Waals surface area (Å²) in [5, 5.41) is 14.8. The molecular formula is C13H15N3O2. The van der Waals surface area contributed by atoms with Crippen LogP contribution in [0.5, 0.6) is 0 Å². The number of hydrogen-bond acceptors (Lipinski definition) is 4. The molecule has 1 amide bonds. The van der Waals surface area contributed by atoms with E-state index in [1.807, 2.05) is 0 Å². The van der Waals surface area contributed by atoms with E-state index in [4.69, 9.17) is 10.00 Å². The Morgan fingerprint density at radius 2 is 2.33 bits per heavy atom. The molecule has 1 saturated heterocycles. The summed E-state index contributed by atoms with van der Waals surface area (Å²) < 4.78 is 5.32. The van der Waals surface area contributed by atoms with Crippen molar-refractivity contribution in [2.75, 3.05) is 23.8 Å². The van der Waals surface area contributed by atoms with E-state index in [2.05, 4.69) is 16.7 Å². The summed E-state index contributed by atoms with van der Waals surface area (Å²) in [5.74, 6) is -0.159. The molecule has 2 N–H and O–H groups in total. The summed E-state index contributed by atoms with van der Waals surface area (Å²) in [6, 6.07) is 7.22. The SMILES string of the molecule is CC(=O)Nc1cc(C#N)ccc1NCC1CCO1. The van der Waals surface area contributed by atoms with Crippen LogP contribution in [0.15, 0.2) is 18.2 Å². The third-order valence-electron chi connectivity index (χ3n) is 2.77. The van der Waals surface area contributed by atoms with Crippen LogP contribution in [-0.4, -0.2) is 25.2 Å². The van der Waals surface area contributed by atoms with Gasteiger partial charge in [0, 0.05) is 20.1 Å². The quantitative estimate of drug-likeness (QED) is 0.847. The van der Waals surface area contributed by atoms with Crippen molar-refractivity contribution in [3.8, 4) is 6.07 Å². The highest BCUT2D eigenvalue weighted by Gasteiger charge is 2.18. The molecule has 94 valence electrons.